The van der Waals surface area contributed by atoms with Gasteiger partial charge in [-0.05, 0) is 24.6 Å². The number of rotatable bonds is 2. The summed E-state index contributed by atoms with van der Waals surface area (Å²) in [6.07, 6.45) is 0.666. The van der Waals surface area contributed by atoms with Crippen LogP contribution in [0.5, 0.6) is 0 Å². The van der Waals surface area contributed by atoms with E-state index in [0.29, 0.717) is 23.0 Å². The minimum absolute atomic E-state index is 0.294. The first-order chi connectivity index (χ1) is 7.56. The largest absolute Gasteiger partial charge is 0.481 e. The molecule has 1 aromatic carbocycles. The Labute approximate surface area is 104 Å². The van der Waals surface area contributed by atoms with E-state index in [1.165, 1.54) is 0 Å². The summed E-state index contributed by atoms with van der Waals surface area (Å²) in [4.78, 5) is 12.8. The van der Waals surface area contributed by atoms with Gasteiger partial charge < -0.3 is 10.0 Å². The summed E-state index contributed by atoms with van der Waals surface area (Å²) < 4.78 is 0. The molecule has 1 aliphatic rings. The third-order valence-corrected chi connectivity index (χ3v) is 3.19. The van der Waals surface area contributed by atoms with Gasteiger partial charge >= 0.3 is 5.97 Å². The van der Waals surface area contributed by atoms with Crippen molar-refractivity contribution < 1.29 is 9.90 Å². The molecule has 1 unspecified atom stereocenters. The fourth-order valence-corrected chi connectivity index (χ4v) is 2.43. The van der Waals surface area contributed by atoms with E-state index in [4.69, 9.17) is 28.3 Å². The third-order valence-electron chi connectivity index (χ3n) is 2.75. The second kappa shape index (κ2) is 4.52. The van der Waals surface area contributed by atoms with E-state index >= 15 is 0 Å². The van der Waals surface area contributed by atoms with Gasteiger partial charge in [-0.25, -0.2) is 0 Å². The molecule has 0 bridgehead atoms. The van der Waals surface area contributed by atoms with Gasteiger partial charge in [-0.2, -0.15) is 0 Å². The molecule has 0 amide bonds. The van der Waals surface area contributed by atoms with Crippen LogP contribution in [0, 0.1) is 5.92 Å². The molecule has 0 radical (unpaired) electrons. The van der Waals surface area contributed by atoms with Crippen LogP contribution in [0.3, 0.4) is 0 Å². The normalized spacial score (nSPS) is 20.1. The highest BCUT2D eigenvalue weighted by Crippen LogP contribution is 2.29. The summed E-state index contributed by atoms with van der Waals surface area (Å²) >= 11 is 11.8. The number of carboxylic acids is 1. The number of carbonyl (C=O) groups is 1. The second-order valence-corrected chi connectivity index (χ2v) is 4.77. The Morgan fingerprint density at radius 2 is 1.94 bits per heavy atom. The molecule has 16 heavy (non-hydrogen) atoms. The predicted octanol–water partition coefficient (Wildman–Crippen LogP) is 2.90. The number of carboxylic acid groups (broad SMARTS) is 1. The third kappa shape index (κ3) is 2.42. The van der Waals surface area contributed by atoms with Gasteiger partial charge in [0.15, 0.2) is 0 Å². The fraction of sp³-hybridized carbons (Fsp3) is 0.364. The molecule has 1 aromatic rings. The minimum atomic E-state index is -0.740. The summed E-state index contributed by atoms with van der Waals surface area (Å²) in [5, 5.41) is 10.0. The van der Waals surface area contributed by atoms with Gasteiger partial charge in [0.1, 0.15) is 0 Å². The molecule has 1 N–H and O–H groups in total. The van der Waals surface area contributed by atoms with Gasteiger partial charge in [0.2, 0.25) is 0 Å². The Morgan fingerprint density at radius 1 is 1.31 bits per heavy atom. The lowest BCUT2D eigenvalue weighted by atomic mass is 10.1. The Kier molecular flexibility index (Phi) is 3.26. The molecule has 3 nitrogen and oxygen atoms in total. The highest BCUT2D eigenvalue weighted by atomic mass is 35.5. The van der Waals surface area contributed by atoms with Crippen LogP contribution >= 0.6 is 23.2 Å². The van der Waals surface area contributed by atoms with Crippen molar-refractivity contribution in [3.8, 4) is 0 Å². The Balaban J connectivity index is 2.17. The molecule has 1 heterocycles. The van der Waals surface area contributed by atoms with Gasteiger partial charge in [0.05, 0.1) is 5.92 Å². The van der Waals surface area contributed by atoms with Crippen molar-refractivity contribution in [3.63, 3.8) is 0 Å². The van der Waals surface area contributed by atoms with Crippen molar-refractivity contribution in [3.05, 3.63) is 28.2 Å². The number of anilines is 1. The van der Waals surface area contributed by atoms with Crippen LogP contribution in [-0.4, -0.2) is 24.2 Å². The smallest absolute Gasteiger partial charge is 0.308 e. The summed E-state index contributed by atoms with van der Waals surface area (Å²) in [6, 6.07) is 5.27. The van der Waals surface area contributed by atoms with Gasteiger partial charge in [-0.3, -0.25) is 4.79 Å². The van der Waals surface area contributed by atoms with Gasteiger partial charge in [-0.15, -0.1) is 0 Å². The number of nitrogens with zero attached hydrogens (tertiary/aromatic N) is 1. The van der Waals surface area contributed by atoms with Crippen LogP contribution in [-0.2, 0) is 4.79 Å². The summed E-state index contributed by atoms with van der Waals surface area (Å²) in [5.74, 6) is -1.03. The van der Waals surface area contributed by atoms with Crippen LogP contribution in [0.1, 0.15) is 6.42 Å². The number of hydrogen-bond donors (Lipinski definition) is 1. The van der Waals surface area contributed by atoms with Crippen molar-refractivity contribution in [2.45, 2.75) is 6.42 Å². The Bertz CT molecular complexity index is 402. The highest BCUT2D eigenvalue weighted by molar-refractivity contribution is 6.35. The zero-order chi connectivity index (χ0) is 11.7. The first kappa shape index (κ1) is 11.6. The van der Waals surface area contributed by atoms with Crippen LogP contribution in [0.15, 0.2) is 18.2 Å². The van der Waals surface area contributed by atoms with Gasteiger partial charge in [0.25, 0.3) is 0 Å². The molecular weight excluding hydrogens is 249 g/mol. The van der Waals surface area contributed by atoms with E-state index in [1.54, 1.807) is 18.2 Å². The quantitative estimate of drug-likeness (QED) is 0.888. The lowest BCUT2D eigenvalue weighted by Gasteiger charge is -2.18. The van der Waals surface area contributed by atoms with E-state index < -0.39 is 5.97 Å². The zero-order valence-corrected chi connectivity index (χ0v) is 10.0. The van der Waals surface area contributed by atoms with Crippen LogP contribution in [0.4, 0.5) is 5.69 Å². The number of benzene rings is 1. The van der Waals surface area contributed by atoms with E-state index in [0.717, 1.165) is 12.2 Å². The van der Waals surface area contributed by atoms with Crippen molar-refractivity contribution in [2.75, 3.05) is 18.0 Å². The van der Waals surface area contributed by atoms with Crippen LogP contribution in [0.2, 0.25) is 10.0 Å². The first-order valence-corrected chi connectivity index (χ1v) is 5.75. The molecule has 86 valence electrons. The summed E-state index contributed by atoms with van der Waals surface area (Å²) in [5.41, 5.74) is 0.890. The average Bonchev–Trinajstić information content (AvgIpc) is 2.64. The highest BCUT2D eigenvalue weighted by Gasteiger charge is 2.28. The maximum Gasteiger partial charge on any atom is 0.308 e. The summed E-state index contributed by atoms with van der Waals surface area (Å²) in [7, 11) is 0. The first-order valence-electron chi connectivity index (χ1n) is 5.00. The van der Waals surface area contributed by atoms with E-state index in [1.807, 2.05) is 4.90 Å². The van der Waals surface area contributed by atoms with Gasteiger partial charge in [-0.1, -0.05) is 23.2 Å². The summed E-state index contributed by atoms with van der Waals surface area (Å²) in [6.45, 7) is 1.25. The van der Waals surface area contributed by atoms with Crippen molar-refractivity contribution in [1.82, 2.24) is 0 Å². The molecule has 1 atom stereocenters. The van der Waals surface area contributed by atoms with E-state index in [2.05, 4.69) is 0 Å². The van der Waals surface area contributed by atoms with E-state index in [9.17, 15) is 4.79 Å². The minimum Gasteiger partial charge on any atom is -0.481 e. The number of hydrogen-bond acceptors (Lipinski definition) is 2. The molecule has 1 fully saturated rings. The van der Waals surface area contributed by atoms with Crippen molar-refractivity contribution in [2.24, 2.45) is 5.92 Å². The monoisotopic (exact) mass is 259 g/mol. The molecule has 0 spiro atoms. The molecule has 2 rings (SSSR count). The lowest BCUT2D eigenvalue weighted by molar-refractivity contribution is -0.140. The molecule has 5 heteroatoms. The maximum atomic E-state index is 10.8. The molecule has 0 saturated carbocycles. The molecule has 0 aliphatic carbocycles. The van der Waals surface area contributed by atoms with Crippen molar-refractivity contribution >= 4 is 34.9 Å². The number of halogens is 2. The molecule has 1 aliphatic heterocycles. The second-order valence-electron chi connectivity index (χ2n) is 3.90. The maximum absolute atomic E-state index is 10.8. The SMILES string of the molecule is O=C(O)C1CCN(c2cc(Cl)cc(Cl)c2)C1. The predicted molar refractivity (Wildman–Crippen MR) is 64.4 cm³/mol. The standard InChI is InChI=1S/C11H11Cl2NO2/c12-8-3-9(13)5-10(4-8)14-2-1-7(6-14)11(15)16/h3-5,7H,1-2,6H2,(H,15,16). The Hall–Kier alpha value is -0.930. The number of aliphatic carboxylic acids is 1. The molecular formula is C11H11Cl2NO2. The molecule has 0 aromatic heterocycles. The van der Waals surface area contributed by atoms with E-state index in [-0.39, 0.29) is 5.92 Å². The van der Waals surface area contributed by atoms with Gasteiger partial charge in [0, 0.05) is 28.8 Å². The zero-order valence-electron chi connectivity index (χ0n) is 8.49. The lowest BCUT2D eigenvalue weighted by Crippen LogP contribution is -2.22. The average molecular weight is 260 g/mol. The molecule has 1 saturated heterocycles. The van der Waals surface area contributed by atoms with Crippen LogP contribution in [0.25, 0.3) is 0 Å². The van der Waals surface area contributed by atoms with Crippen LogP contribution < -0.4 is 4.90 Å². The Morgan fingerprint density at radius 3 is 2.44 bits per heavy atom. The fourth-order valence-electron chi connectivity index (χ4n) is 1.92. The topological polar surface area (TPSA) is 40.5 Å². The van der Waals surface area contributed by atoms with Crippen molar-refractivity contribution in [1.29, 1.82) is 0 Å².